The minimum atomic E-state index is -0.876. The number of ether oxygens (including phenoxy) is 1. The van der Waals surface area contributed by atoms with Crippen molar-refractivity contribution in [1.82, 2.24) is 5.32 Å². The molecular formula is C46H61NO4. The number of fused-ring (bicyclic) bond motifs is 7. The molecule has 51 heavy (non-hydrogen) atoms. The van der Waals surface area contributed by atoms with E-state index in [0.717, 1.165) is 49.8 Å². The van der Waals surface area contributed by atoms with Crippen LogP contribution in [0.25, 0.3) is 5.57 Å². The molecule has 2 N–H and O–H groups in total. The largest absolute Gasteiger partial charge is 0.497 e. The Morgan fingerprint density at radius 3 is 2.22 bits per heavy atom. The van der Waals surface area contributed by atoms with Crippen LogP contribution >= 0.6 is 0 Å². The Balaban J connectivity index is 1.15. The van der Waals surface area contributed by atoms with Gasteiger partial charge in [0.05, 0.1) is 18.1 Å². The van der Waals surface area contributed by atoms with Gasteiger partial charge >= 0.3 is 5.97 Å². The van der Waals surface area contributed by atoms with Gasteiger partial charge in [-0.2, -0.15) is 0 Å². The third-order valence-electron chi connectivity index (χ3n) is 16.4. The molecule has 0 heterocycles. The van der Waals surface area contributed by atoms with Gasteiger partial charge in [0.2, 0.25) is 5.91 Å². The molecule has 0 radical (unpaired) electrons. The smallest absolute Gasteiger partial charge is 0.335 e. The van der Waals surface area contributed by atoms with Gasteiger partial charge in [-0.25, -0.2) is 4.79 Å². The van der Waals surface area contributed by atoms with Crippen LogP contribution in [0.5, 0.6) is 5.75 Å². The summed E-state index contributed by atoms with van der Waals surface area (Å²) in [5.41, 5.74) is 5.59. The van der Waals surface area contributed by atoms with Crippen LogP contribution in [0, 0.1) is 56.7 Å². The van der Waals surface area contributed by atoms with Crippen molar-refractivity contribution in [1.29, 1.82) is 0 Å². The second kappa shape index (κ2) is 12.7. The molecule has 274 valence electrons. The van der Waals surface area contributed by atoms with Gasteiger partial charge in [0.25, 0.3) is 0 Å². The Bertz CT molecular complexity index is 1720. The number of carboxylic acid groups (broad SMARTS) is 1. The van der Waals surface area contributed by atoms with Crippen molar-refractivity contribution in [2.24, 2.45) is 56.7 Å². The number of carbonyl (C=O) groups excluding carboxylic acids is 1. The van der Waals surface area contributed by atoms with Gasteiger partial charge in [0.15, 0.2) is 0 Å². The van der Waals surface area contributed by atoms with E-state index in [1.54, 1.807) is 19.2 Å². The van der Waals surface area contributed by atoms with E-state index in [4.69, 9.17) is 4.74 Å². The lowest BCUT2D eigenvalue weighted by molar-refractivity contribution is -0.225. The maximum Gasteiger partial charge on any atom is 0.335 e. The molecule has 0 aliphatic heterocycles. The fraction of sp³-hybridized carbons (Fsp3) is 0.609. The van der Waals surface area contributed by atoms with Crippen LogP contribution in [0.1, 0.15) is 121 Å². The molecule has 0 bridgehead atoms. The van der Waals surface area contributed by atoms with Crippen LogP contribution in [0.3, 0.4) is 0 Å². The van der Waals surface area contributed by atoms with Crippen molar-refractivity contribution in [2.75, 3.05) is 13.7 Å². The number of aromatic carboxylic acids is 1. The number of benzene rings is 2. The van der Waals surface area contributed by atoms with Crippen LogP contribution in [-0.4, -0.2) is 30.6 Å². The summed E-state index contributed by atoms with van der Waals surface area (Å²) >= 11 is 0. The van der Waals surface area contributed by atoms with Crippen LogP contribution in [0.15, 0.2) is 66.8 Å². The van der Waals surface area contributed by atoms with Gasteiger partial charge < -0.3 is 15.2 Å². The highest BCUT2D eigenvalue weighted by Crippen LogP contribution is 2.77. The molecule has 0 aromatic heterocycles. The van der Waals surface area contributed by atoms with Crippen molar-refractivity contribution >= 4 is 17.4 Å². The van der Waals surface area contributed by atoms with E-state index < -0.39 is 5.97 Å². The Kier molecular flexibility index (Phi) is 8.95. The number of rotatable bonds is 8. The Hall–Kier alpha value is -3.34. The predicted octanol–water partition coefficient (Wildman–Crippen LogP) is 10.4. The molecular weight excluding hydrogens is 631 g/mol. The minimum Gasteiger partial charge on any atom is -0.497 e. The predicted molar refractivity (Wildman–Crippen MR) is 205 cm³/mol. The lowest BCUT2D eigenvalue weighted by Gasteiger charge is -2.72. The van der Waals surface area contributed by atoms with Gasteiger partial charge in [-0.3, -0.25) is 4.79 Å². The number of methoxy groups -OCH3 is 1. The number of hydrogen-bond donors (Lipinski definition) is 2. The Morgan fingerprint density at radius 1 is 0.863 bits per heavy atom. The maximum absolute atomic E-state index is 14.5. The highest BCUT2D eigenvalue weighted by Gasteiger charge is 2.71. The fourth-order valence-electron chi connectivity index (χ4n) is 13.7. The summed E-state index contributed by atoms with van der Waals surface area (Å²) in [6, 6.07) is 15.7. The molecule has 1 amide bonds. The SMILES string of the molecule is C=C(C)C1CCC2(C(=O)NCCc3ccc(OC)cc3)CCC3(C)C(CCC4C5(C)CC=C(c6ccc(C(=O)O)cc6)C(C)(C)C5CCC43C)C12. The number of hydrogen-bond acceptors (Lipinski definition) is 3. The lowest BCUT2D eigenvalue weighted by Crippen LogP contribution is -2.66. The van der Waals surface area contributed by atoms with Crippen molar-refractivity contribution in [3.05, 3.63) is 83.4 Å². The zero-order valence-electron chi connectivity index (χ0n) is 32.2. The third kappa shape index (κ3) is 5.37. The molecule has 4 fully saturated rings. The minimum absolute atomic E-state index is 0.0149. The summed E-state index contributed by atoms with van der Waals surface area (Å²) in [4.78, 5) is 26.1. The molecule has 0 spiro atoms. The summed E-state index contributed by atoms with van der Waals surface area (Å²) in [6.07, 6.45) is 13.4. The molecule has 9 unspecified atom stereocenters. The monoisotopic (exact) mass is 691 g/mol. The molecule has 5 heteroatoms. The zero-order valence-corrected chi connectivity index (χ0v) is 32.2. The van der Waals surface area contributed by atoms with E-state index in [0.29, 0.717) is 41.7 Å². The number of allylic oxidation sites excluding steroid dienone is 3. The summed E-state index contributed by atoms with van der Waals surface area (Å²) in [5, 5.41) is 13.0. The van der Waals surface area contributed by atoms with E-state index in [2.05, 4.69) is 71.6 Å². The molecule has 7 rings (SSSR count). The number of carbonyl (C=O) groups is 2. The maximum atomic E-state index is 14.5. The highest BCUT2D eigenvalue weighted by molar-refractivity contribution is 5.88. The van der Waals surface area contributed by atoms with Crippen LogP contribution < -0.4 is 10.1 Å². The van der Waals surface area contributed by atoms with Crippen LogP contribution in [0.4, 0.5) is 0 Å². The van der Waals surface area contributed by atoms with Gasteiger partial charge in [0, 0.05) is 6.54 Å². The normalized spacial score (nSPS) is 37.9. The van der Waals surface area contributed by atoms with Crippen LogP contribution in [-0.2, 0) is 11.2 Å². The number of carboxylic acids is 1. The first kappa shape index (κ1) is 36.0. The lowest BCUT2D eigenvalue weighted by atomic mass is 9.32. The summed E-state index contributed by atoms with van der Waals surface area (Å²) < 4.78 is 5.33. The van der Waals surface area contributed by atoms with Crippen molar-refractivity contribution in [2.45, 2.75) is 106 Å². The van der Waals surface area contributed by atoms with Crippen molar-refractivity contribution in [3.8, 4) is 5.75 Å². The summed E-state index contributed by atoms with van der Waals surface area (Å²) in [5.74, 6) is 2.71. The molecule has 5 aliphatic carbocycles. The second-order valence-electron chi connectivity index (χ2n) is 18.6. The van der Waals surface area contributed by atoms with Gasteiger partial charge in [-0.05, 0) is 163 Å². The van der Waals surface area contributed by atoms with Crippen LogP contribution in [0.2, 0.25) is 0 Å². The zero-order chi connectivity index (χ0) is 36.6. The fourth-order valence-corrected chi connectivity index (χ4v) is 13.7. The Morgan fingerprint density at radius 2 is 1.57 bits per heavy atom. The van der Waals surface area contributed by atoms with Crippen molar-refractivity contribution in [3.63, 3.8) is 0 Å². The second-order valence-corrected chi connectivity index (χ2v) is 18.6. The van der Waals surface area contributed by atoms with Crippen molar-refractivity contribution < 1.29 is 19.4 Å². The first-order chi connectivity index (χ1) is 24.1. The molecule has 4 saturated carbocycles. The molecule has 2 aromatic carbocycles. The standard InChI is InChI=1S/C46H61NO4/c1-29(2)34-19-25-46(41(50)47-28-22-30-9-15-33(51-8)16-10-30)27-26-44(6)36(39(34)46)17-18-38-43(5)23-20-35(31-11-13-32(14-12-31)40(48)49)42(3,4)37(43)21-24-45(38,44)7/h9-16,20,34,36-39H,1,17-19,21-28H2,2-8H3,(H,47,50)(H,48,49). The number of nitrogens with one attached hydrogen (secondary N) is 1. The van der Waals surface area contributed by atoms with E-state index in [-0.39, 0.29) is 33.0 Å². The molecule has 5 nitrogen and oxygen atoms in total. The van der Waals surface area contributed by atoms with E-state index in [1.165, 1.54) is 42.4 Å². The van der Waals surface area contributed by atoms with Gasteiger partial charge in [0.1, 0.15) is 5.75 Å². The first-order valence-corrected chi connectivity index (χ1v) is 19.7. The van der Waals surface area contributed by atoms with Gasteiger partial charge in [-0.1, -0.05) is 77.1 Å². The molecule has 5 aliphatic rings. The van der Waals surface area contributed by atoms with E-state index in [9.17, 15) is 14.7 Å². The summed E-state index contributed by atoms with van der Waals surface area (Å²) in [6.45, 7) is 20.2. The highest BCUT2D eigenvalue weighted by atomic mass is 16.5. The van der Waals surface area contributed by atoms with Gasteiger partial charge in [-0.15, -0.1) is 0 Å². The van der Waals surface area contributed by atoms with E-state index in [1.807, 2.05) is 24.3 Å². The third-order valence-corrected chi connectivity index (χ3v) is 16.4. The topological polar surface area (TPSA) is 75.6 Å². The molecule has 2 aromatic rings. The number of amides is 1. The quantitative estimate of drug-likeness (QED) is 0.270. The molecule has 0 saturated heterocycles. The average Bonchev–Trinajstić information content (AvgIpc) is 3.50. The first-order valence-electron chi connectivity index (χ1n) is 19.7. The Labute approximate surface area is 306 Å². The molecule has 9 atom stereocenters. The average molecular weight is 692 g/mol. The summed E-state index contributed by atoms with van der Waals surface area (Å²) in [7, 11) is 1.69. The van der Waals surface area contributed by atoms with E-state index >= 15 is 0 Å².